The SMILES string of the molecule is O=C(c1ccc2nccn2c1)N1CCOC[C@@H]1[C@@H]1CCC[C@@H]1O. The molecule has 2 aromatic rings. The lowest BCUT2D eigenvalue weighted by Crippen LogP contribution is -2.53. The quantitative estimate of drug-likeness (QED) is 0.908. The number of aromatic nitrogens is 2. The number of hydrogen-bond donors (Lipinski definition) is 1. The Labute approximate surface area is 134 Å². The predicted molar refractivity (Wildman–Crippen MR) is 84.2 cm³/mol. The van der Waals surface area contributed by atoms with Crippen molar-refractivity contribution in [3.05, 3.63) is 36.3 Å². The monoisotopic (exact) mass is 315 g/mol. The number of rotatable bonds is 2. The van der Waals surface area contributed by atoms with Gasteiger partial charge in [0.1, 0.15) is 5.65 Å². The molecule has 0 radical (unpaired) electrons. The molecule has 6 heteroatoms. The summed E-state index contributed by atoms with van der Waals surface area (Å²) in [6, 6.07) is 3.64. The van der Waals surface area contributed by atoms with Gasteiger partial charge in [-0.25, -0.2) is 4.98 Å². The molecule has 0 spiro atoms. The van der Waals surface area contributed by atoms with Gasteiger partial charge in [0, 0.05) is 31.1 Å². The first kappa shape index (κ1) is 14.7. The summed E-state index contributed by atoms with van der Waals surface area (Å²) >= 11 is 0. The van der Waals surface area contributed by atoms with E-state index in [1.165, 1.54) is 0 Å². The largest absolute Gasteiger partial charge is 0.393 e. The molecule has 1 saturated heterocycles. The number of nitrogens with zero attached hydrogens (tertiary/aromatic N) is 3. The van der Waals surface area contributed by atoms with Gasteiger partial charge < -0.3 is 19.1 Å². The van der Waals surface area contributed by atoms with Crippen molar-refractivity contribution < 1.29 is 14.6 Å². The van der Waals surface area contributed by atoms with E-state index in [1.807, 2.05) is 33.8 Å². The third-order valence-electron chi connectivity index (χ3n) is 5.09. The Morgan fingerprint density at radius 2 is 2.26 bits per heavy atom. The summed E-state index contributed by atoms with van der Waals surface area (Å²) in [5.74, 6) is 0.129. The molecule has 1 aliphatic carbocycles. The minimum atomic E-state index is -0.326. The molecule has 0 bridgehead atoms. The van der Waals surface area contributed by atoms with Gasteiger partial charge in [0.15, 0.2) is 0 Å². The summed E-state index contributed by atoms with van der Waals surface area (Å²) < 4.78 is 7.45. The average molecular weight is 315 g/mol. The minimum absolute atomic E-state index is 0.00741. The van der Waals surface area contributed by atoms with Crippen molar-refractivity contribution in [1.82, 2.24) is 14.3 Å². The molecule has 0 aromatic carbocycles. The van der Waals surface area contributed by atoms with Crippen LogP contribution in [0.2, 0.25) is 0 Å². The highest BCUT2D eigenvalue weighted by Crippen LogP contribution is 2.32. The van der Waals surface area contributed by atoms with Gasteiger partial charge in [-0.3, -0.25) is 4.79 Å². The summed E-state index contributed by atoms with van der Waals surface area (Å²) in [5, 5.41) is 10.2. The Balaban J connectivity index is 1.61. The molecule has 6 nitrogen and oxygen atoms in total. The molecule has 1 saturated carbocycles. The molecule has 4 rings (SSSR count). The average Bonchev–Trinajstić information content (AvgIpc) is 3.22. The maximum absolute atomic E-state index is 13.0. The van der Waals surface area contributed by atoms with Crippen molar-refractivity contribution in [2.24, 2.45) is 5.92 Å². The number of aliphatic hydroxyl groups excluding tert-OH is 1. The number of amides is 1. The second-order valence-electron chi connectivity index (χ2n) is 6.41. The number of hydrogen-bond acceptors (Lipinski definition) is 4. The van der Waals surface area contributed by atoms with Crippen LogP contribution in [0.3, 0.4) is 0 Å². The fourth-order valence-corrected chi connectivity index (χ4v) is 3.86. The van der Waals surface area contributed by atoms with Gasteiger partial charge in [-0.1, -0.05) is 6.42 Å². The second kappa shape index (κ2) is 5.94. The first-order valence-corrected chi connectivity index (χ1v) is 8.23. The van der Waals surface area contributed by atoms with Gasteiger partial charge in [0.2, 0.25) is 0 Å². The molecule has 2 aromatic heterocycles. The van der Waals surface area contributed by atoms with E-state index < -0.39 is 0 Å². The molecule has 3 atom stereocenters. The number of pyridine rings is 1. The first-order chi connectivity index (χ1) is 11.2. The second-order valence-corrected chi connectivity index (χ2v) is 6.41. The van der Waals surface area contributed by atoms with Crippen molar-refractivity contribution in [2.45, 2.75) is 31.4 Å². The molecular weight excluding hydrogens is 294 g/mol. The number of fused-ring (bicyclic) bond motifs is 1. The fraction of sp³-hybridized carbons (Fsp3) is 0.529. The van der Waals surface area contributed by atoms with Gasteiger partial charge >= 0.3 is 0 Å². The summed E-state index contributed by atoms with van der Waals surface area (Å²) in [4.78, 5) is 19.1. The topological polar surface area (TPSA) is 67.1 Å². The number of carbonyl (C=O) groups excluding carboxylic acids is 1. The molecule has 122 valence electrons. The van der Waals surface area contributed by atoms with Crippen LogP contribution in [0.4, 0.5) is 0 Å². The van der Waals surface area contributed by atoms with Crippen molar-refractivity contribution in [1.29, 1.82) is 0 Å². The van der Waals surface area contributed by atoms with Crippen molar-refractivity contribution in [3.63, 3.8) is 0 Å². The standard InChI is InChI=1S/C17H21N3O3/c21-15-3-1-2-13(15)14-11-23-9-8-20(14)17(22)12-4-5-16-18-6-7-19(16)10-12/h4-7,10,13-15,21H,1-3,8-9,11H2/t13-,14+,15-/m0/s1. The van der Waals surface area contributed by atoms with Gasteiger partial charge in [-0.15, -0.1) is 0 Å². The molecular formula is C17H21N3O3. The van der Waals surface area contributed by atoms with Crippen LogP contribution in [0.15, 0.2) is 30.7 Å². The van der Waals surface area contributed by atoms with Crippen LogP contribution in [-0.4, -0.2) is 57.2 Å². The Kier molecular flexibility index (Phi) is 3.79. The Morgan fingerprint density at radius 3 is 3.09 bits per heavy atom. The van der Waals surface area contributed by atoms with Crippen LogP contribution >= 0.6 is 0 Å². The number of aliphatic hydroxyl groups is 1. The van der Waals surface area contributed by atoms with Gasteiger partial charge in [0.25, 0.3) is 5.91 Å². The van der Waals surface area contributed by atoms with Crippen LogP contribution < -0.4 is 0 Å². The van der Waals surface area contributed by atoms with Gasteiger partial charge in [0.05, 0.1) is 30.9 Å². The smallest absolute Gasteiger partial charge is 0.255 e. The molecule has 2 aliphatic rings. The number of ether oxygens (including phenoxy) is 1. The zero-order valence-corrected chi connectivity index (χ0v) is 13.0. The maximum atomic E-state index is 13.0. The van der Waals surface area contributed by atoms with E-state index in [2.05, 4.69) is 4.98 Å². The minimum Gasteiger partial charge on any atom is -0.393 e. The highest BCUT2D eigenvalue weighted by Gasteiger charge is 2.39. The maximum Gasteiger partial charge on any atom is 0.255 e. The summed E-state index contributed by atoms with van der Waals surface area (Å²) in [5.41, 5.74) is 1.47. The van der Waals surface area contributed by atoms with E-state index >= 15 is 0 Å². The lowest BCUT2D eigenvalue weighted by molar-refractivity contribution is -0.0383. The predicted octanol–water partition coefficient (Wildman–Crippen LogP) is 1.34. The molecule has 3 heterocycles. The van der Waals surface area contributed by atoms with Gasteiger partial charge in [-0.2, -0.15) is 0 Å². The highest BCUT2D eigenvalue weighted by atomic mass is 16.5. The van der Waals surface area contributed by atoms with E-state index in [0.29, 0.717) is 25.3 Å². The highest BCUT2D eigenvalue weighted by molar-refractivity contribution is 5.94. The molecule has 23 heavy (non-hydrogen) atoms. The van der Waals surface area contributed by atoms with Crippen LogP contribution in [0.25, 0.3) is 5.65 Å². The van der Waals surface area contributed by atoms with Crippen molar-refractivity contribution in [2.75, 3.05) is 19.8 Å². The van der Waals surface area contributed by atoms with Crippen LogP contribution in [0.1, 0.15) is 29.6 Å². The Morgan fingerprint density at radius 1 is 1.35 bits per heavy atom. The van der Waals surface area contributed by atoms with Gasteiger partial charge in [-0.05, 0) is 25.0 Å². The summed E-state index contributed by atoms with van der Waals surface area (Å²) in [6.07, 6.45) is 7.85. The fourth-order valence-electron chi connectivity index (χ4n) is 3.86. The number of carbonyl (C=O) groups is 1. The first-order valence-electron chi connectivity index (χ1n) is 8.23. The molecule has 1 aliphatic heterocycles. The molecule has 1 amide bonds. The third-order valence-corrected chi connectivity index (χ3v) is 5.09. The van der Waals surface area contributed by atoms with Crippen molar-refractivity contribution in [3.8, 4) is 0 Å². The lowest BCUT2D eigenvalue weighted by Gasteiger charge is -2.40. The van der Waals surface area contributed by atoms with Crippen LogP contribution in [0.5, 0.6) is 0 Å². The van der Waals surface area contributed by atoms with Crippen LogP contribution in [-0.2, 0) is 4.74 Å². The lowest BCUT2D eigenvalue weighted by atomic mass is 9.94. The van der Waals surface area contributed by atoms with E-state index in [9.17, 15) is 9.90 Å². The Hall–Kier alpha value is -1.92. The molecule has 0 unspecified atom stereocenters. The zero-order valence-electron chi connectivity index (χ0n) is 13.0. The van der Waals surface area contributed by atoms with E-state index in [0.717, 1.165) is 24.9 Å². The molecule has 2 fully saturated rings. The number of morpholine rings is 1. The summed E-state index contributed by atoms with van der Waals surface area (Å²) in [6.45, 7) is 1.65. The van der Waals surface area contributed by atoms with E-state index in [-0.39, 0.29) is 24.0 Å². The number of imidazole rings is 1. The van der Waals surface area contributed by atoms with Crippen LogP contribution in [0, 0.1) is 5.92 Å². The summed E-state index contributed by atoms with van der Waals surface area (Å²) in [7, 11) is 0. The van der Waals surface area contributed by atoms with Crippen molar-refractivity contribution >= 4 is 11.6 Å². The zero-order chi connectivity index (χ0) is 15.8. The Bertz CT molecular complexity index is 714. The molecule has 1 N–H and O–H groups in total. The normalized spacial score (nSPS) is 28.4. The van der Waals surface area contributed by atoms with E-state index in [1.54, 1.807) is 6.20 Å². The third kappa shape index (κ3) is 2.62. The van der Waals surface area contributed by atoms with E-state index in [4.69, 9.17) is 4.74 Å².